The maximum atomic E-state index is 12.9. The molecule has 0 rings (SSSR count). The highest BCUT2D eigenvalue weighted by molar-refractivity contribution is 5.71. The summed E-state index contributed by atoms with van der Waals surface area (Å²) in [6.45, 7) is 6.73. The summed E-state index contributed by atoms with van der Waals surface area (Å²) in [6, 6.07) is 0. The Kier molecular flexibility index (Phi) is 69.0. The van der Waals surface area contributed by atoms with E-state index in [-0.39, 0.29) is 31.1 Å². The van der Waals surface area contributed by atoms with Crippen LogP contribution in [0.5, 0.6) is 0 Å². The second-order valence-electron chi connectivity index (χ2n) is 25.6. The summed E-state index contributed by atoms with van der Waals surface area (Å²) >= 11 is 0. The van der Waals surface area contributed by atoms with E-state index in [2.05, 4.69) is 32.9 Å². The fourth-order valence-electron chi connectivity index (χ4n) is 11.7. The summed E-state index contributed by atoms with van der Waals surface area (Å²) < 4.78 is 17.0. The zero-order valence-corrected chi connectivity index (χ0v) is 55.4. The van der Waals surface area contributed by atoms with Crippen LogP contribution in [-0.4, -0.2) is 37.2 Å². The molecule has 0 bridgehead atoms. The van der Waals surface area contributed by atoms with Gasteiger partial charge in [-0.15, -0.1) is 0 Å². The minimum Gasteiger partial charge on any atom is -0.462 e. The summed E-state index contributed by atoms with van der Waals surface area (Å²) in [4.78, 5) is 38.5. The first-order chi connectivity index (χ1) is 40.0. The molecule has 0 N–H and O–H groups in total. The number of esters is 3. The summed E-state index contributed by atoms with van der Waals surface area (Å²) in [6.07, 6.45) is 85.5. The third-order valence-electron chi connectivity index (χ3n) is 17.3. The van der Waals surface area contributed by atoms with E-state index in [4.69, 9.17) is 14.2 Å². The van der Waals surface area contributed by atoms with E-state index in [0.717, 1.165) is 57.8 Å². The number of ether oxygens (including phenoxy) is 3. The van der Waals surface area contributed by atoms with Gasteiger partial charge in [-0.2, -0.15) is 0 Å². The molecule has 0 fully saturated rings. The van der Waals surface area contributed by atoms with Crippen LogP contribution in [0.2, 0.25) is 0 Å². The predicted octanol–water partition coefficient (Wildman–Crippen LogP) is 25.6. The third kappa shape index (κ3) is 68.8. The van der Waals surface area contributed by atoms with Crippen molar-refractivity contribution in [2.24, 2.45) is 0 Å². The number of hydrogen-bond acceptors (Lipinski definition) is 6. The van der Waals surface area contributed by atoms with Gasteiger partial charge in [-0.25, -0.2) is 0 Å². The van der Waals surface area contributed by atoms with Crippen molar-refractivity contribution in [1.82, 2.24) is 0 Å². The molecule has 0 saturated heterocycles. The number of allylic oxidation sites excluding steroid dienone is 2. The van der Waals surface area contributed by atoms with Crippen LogP contribution in [0.3, 0.4) is 0 Å². The monoisotopic (exact) mass is 1140 g/mol. The van der Waals surface area contributed by atoms with Crippen LogP contribution >= 0.6 is 0 Å². The van der Waals surface area contributed by atoms with Crippen molar-refractivity contribution in [3.05, 3.63) is 12.2 Å². The van der Waals surface area contributed by atoms with Crippen LogP contribution in [0.25, 0.3) is 0 Å². The van der Waals surface area contributed by atoms with Gasteiger partial charge in [-0.05, 0) is 44.9 Å². The molecule has 0 aromatic heterocycles. The standard InChI is InChI=1S/C75H144O6/c1-4-7-10-13-16-19-22-25-28-31-32-33-34-35-36-37-38-39-40-41-42-43-45-47-50-53-56-59-62-65-68-74(77)80-71-72(70-79-73(76)67-64-61-58-55-52-49-46-30-27-24-21-18-15-12-9-6-3)81-75(78)69-66-63-60-57-54-51-48-44-29-26-23-20-17-14-11-8-5-2/h26,29,72H,4-25,27-28,30-71H2,1-3H3/b29-26-. The number of unbranched alkanes of at least 4 members (excludes halogenated alkanes) is 57. The van der Waals surface area contributed by atoms with Gasteiger partial charge in [0.1, 0.15) is 13.2 Å². The van der Waals surface area contributed by atoms with Crippen LogP contribution in [0.15, 0.2) is 12.2 Å². The molecule has 0 saturated carbocycles. The van der Waals surface area contributed by atoms with Crippen molar-refractivity contribution < 1.29 is 28.6 Å². The topological polar surface area (TPSA) is 78.9 Å². The molecule has 81 heavy (non-hydrogen) atoms. The van der Waals surface area contributed by atoms with E-state index in [0.29, 0.717) is 19.3 Å². The SMILES string of the molecule is CCCCCCCC/C=C\CCCCCCCCCC(=O)OC(COC(=O)CCCCCCCCCCCCCCCCCC)COC(=O)CCCCCCCCCCCCCCCCCCCCCCCCCCCCCCCC. The lowest BCUT2D eigenvalue weighted by molar-refractivity contribution is -0.167. The molecular weight excluding hydrogens is 997 g/mol. The van der Waals surface area contributed by atoms with Crippen molar-refractivity contribution >= 4 is 17.9 Å². The van der Waals surface area contributed by atoms with E-state index in [9.17, 15) is 14.4 Å². The summed E-state index contributed by atoms with van der Waals surface area (Å²) in [5.41, 5.74) is 0. The largest absolute Gasteiger partial charge is 0.462 e. The highest BCUT2D eigenvalue weighted by Crippen LogP contribution is 2.20. The molecule has 0 aliphatic heterocycles. The number of rotatable bonds is 70. The summed E-state index contributed by atoms with van der Waals surface area (Å²) in [5.74, 6) is -0.832. The van der Waals surface area contributed by atoms with Crippen molar-refractivity contribution in [1.29, 1.82) is 0 Å². The first-order valence-electron chi connectivity index (χ1n) is 37.2. The number of hydrogen-bond donors (Lipinski definition) is 0. The van der Waals surface area contributed by atoms with Crippen molar-refractivity contribution in [3.63, 3.8) is 0 Å². The maximum Gasteiger partial charge on any atom is 0.306 e. The fourth-order valence-corrected chi connectivity index (χ4v) is 11.7. The zero-order valence-electron chi connectivity index (χ0n) is 55.4. The molecule has 1 unspecified atom stereocenters. The molecule has 1 atom stereocenters. The van der Waals surface area contributed by atoms with Crippen LogP contribution in [0, 0.1) is 0 Å². The van der Waals surface area contributed by atoms with E-state index in [1.54, 1.807) is 0 Å². The van der Waals surface area contributed by atoms with Crippen molar-refractivity contribution in [2.45, 2.75) is 438 Å². The predicted molar refractivity (Wildman–Crippen MR) is 353 cm³/mol. The van der Waals surface area contributed by atoms with Gasteiger partial charge >= 0.3 is 17.9 Å². The van der Waals surface area contributed by atoms with E-state index in [1.165, 1.54) is 334 Å². The maximum absolute atomic E-state index is 12.9. The highest BCUT2D eigenvalue weighted by Gasteiger charge is 2.20. The third-order valence-corrected chi connectivity index (χ3v) is 17.3. The lowest BCUT2D eigenvalue weighted by Crippen LogP contribution is -2.30. The second kappa shape index (κ2) is 70.6. The van der Waals surface area contributed by atoms with E-state index in [1.807, 2.05) is 0 Å². The first kappa shape index (κ1) is 79.2. The minimum absolute atomic E-state index is 0.0648. The molecule has 0 aromatic carbocycles. The molecule has 480 valence electrons. The Labute approximate surface area is 507 Å². The average molecular weight is 1140 g/mol. The fraction of sp³-hybridized carbons (Fsp3) is 0.933. The van der Waals surface area contributed by atoms with Gasteiger partial charge in [0.15, 0.2) is 6.10 Å². The molecular formula is C75H144O6. The Morgan fingerprint density at radius 3 is 0.617 bits per heavy atom. The van der Waals surface area contributed by atoms with Gasteiger partial charge < -0.3 is 14.2 Å². The van der Waals surface area contributed by atoms with Crippen molar-refractivity contribution in [3.8, 4) is 0 Å². The Hall–Kier alpha value is -1.85. The molecule has 0 amide bonds. The van der Waals surface area contributed by atoms with Crippen molar-refractivity contribution in [2.75, 3.05) is 13.2 Å². The van der Waals surface area contributed by atoms with Gasteiger partial charge in [-0.1, -0.05) is 380 Å². The van der Waals surface area contributed by atoms with Gasteiger partial charge in [0.25, 0.3) is 0 Å². The lowest BCUT2D eigenvalue weighted by Gasteiger charge is -2.18. The molecule has 0 spiro atoms. The molecule has 0 aromatic rings. The van der Waals surface area contributed by atoms with Crippen LogP contribution in [0.1, 0.15) is 432 Å². The molecule has 6 heteroatoms. The van der Waals surface area contributed by atoms with Gasteiger partial charge in [0.2, 0.25) is 0 Å². The summed E-state index contributed by atoms with van der Waals surface area (Å²) in [7, 11) is 0. The molecule has 0 radical (unpaired) electrons. The second-order valence-corrected chi connectivity index (χ2v) is 25.6. The van der Waals surface area contributed by atoms with Crippen LogP contribution < -0.4 is 0 Å². The minimum atomic E-state index is -0.769. The van der Waals surface area contributed by atoms with Gasteiger partial charge in [-0.3, -0.25) is 14.4 Å². The Balaban J connectivity index is 4.16. The van der Waals surface area contributed by atoms with E-state index >= 15 is 0 Å². The Morgan fingerprint density at radius 1 is 0.235 bits per heavy atom. The number of carbonyl (C=O) groups is 3. The Bertz CT molecular complexity index is 1260. The normalized spacial score (nSPS) is 12.0. The Morgan fingerprint density at radius 2 is 0.407 bits per heavy atom. The van der Waals surface area contributed by atoms with Gasteiger partial charge in [0.05, 0.1) is 0 Å². The quantitative estimate of drug-likeness (QED) is 0.0261. The molecule has 0 aliphatic rings. The van der Waals surface area contributed by atoms with Crippen LogP contribution in [-0.2, 0) is 28.6 Å². The average Bonchev–Trinajstić information content (AvgIpc) is 3.47. The molecule has 0 aliphatic carbocycles. The highest BCUT2D eigenvalue weighted by atomic mass is 16.6. The van der Waals surface area contributed by atoms with Gasteiger partial charge in [0, 0.05) is 19.3 Å². The molecule has 6 nitrogen and oxygen atoms in total. The molecule has 0 heterocycles. The first-order valence-corrected chi connectivity index (χ1v) is 37.2. The summed E-state index contributed by atoms with van der Waals surface area (Å²) in [5, 5.41) is 0. The van der Waals surface area contributed by atoms with E-state index < -0.39 is 6.10 Å². The smallest absolute Gasteiger partial charge is 0.306 e. The zero-order chi connectivity index (χ0) is 58.5. The number of carbonyl (C=O) groups excluding carboxylic acids is 3. The van der Waals surface area contributed by atoms with Crippen LogP contribution in [0.4, 0.5) is 0 Å². The lowest BCUT2D eigenvalue weighted by atomic mass is 10.0.